The van der Waals surface area contributed by atoms with Crippen molar-refractivity contribution < 1.29 is 14.3 Å². The van der Waals surface area contributed by atoms with E-state index in [4.69, 9.17) is 33.7 Å². The van der Waals surface area contributed by atoms with Gasteiger partial charge >= 0.3 is 5.97 Å². The van der Waals surface area contributed by atoms with E-state index in [-0.39, 0.29) is 28.8 Å². The molecule has 0 fully saturated rings. The summed E-state index contributed by atoms with van der Waals surface area (Å²) in [7, 11) is 0. The molecule has 0 bridgehead atoms. The van der Waals surface area contributed by atoms with E-state index in [9.17, 15) is 9.59 Å². The molecule has 0 heterocycles. The van der Waals surface area contributed by atoms with Gasteiger partial charge in [0.05, 0.1) is 22.2 Å². The maximum atomic E-state index is 12.6. The SMILES string of the molecule is CCCCOC(=O)[C@H](CN)NC(=O)c1c(Cl)cc(-c2ccccc2)cc1Cl. The van der Waals surface area contributed by atoms with Crippen LogP contribution in [0.5, 0.6) is 0 Å². The molecule has 0 saturated carbocycles. The van der Waals surface area contributed by atoms with Gasteiger partial charge in [0.2, 0.25) is 0 Å². The molecule has 144 valence electrons. The van der Waals surface area contributed by atoms with E-state index in [0.29, 0.717) is 0 Å². The first-order chi connectivity index (χ1) is 13.0. The van der Waals surface area contributed by atoms with Crippen molar-refractivity contribution in [2.24, 2.45) is 5.73 Å². The van der Waals surface area contributed by atoms with Gasteiger partial charge in [0.1, 0.15) is 6.04 Å². The second-order valence-corrected chi connectivity index (χ2v) is 6.78. The van der Waals surface area contributed by atoms with Crippen molar-refractivity contribution in [3.05, 3.63) is 58.1 Å². The molecule has 2 rings (SSSR count). The van der Waals surface area contributed by atoms with E-state index in [1.54, 1.807) is 12.1 Å². The third kappa shape index (κ3) is 5.70. The lowest BCUT2D eigenvalue weighted by atomic mass is 10.0. The van der Waals surface area contributed by atoms with Crippen LogP contribution in [-0.4, -0.2) is 31.1 Å². The van der Waals surface area contributed by atoms with Crippen molar-refractivity contribution in [1.29, 1.82) is 0 Å². The van der Waals surface area contributed by atoms with E-state index in [0.717, 1.165) is 24.0 Å². The largest absolute Gasteiger partial charge is 0.464 e. The zero-order valence-corrected chi connectivity index (χ0v) is 16.5. The summed E-state index contributed by atoms with van der Waals surface area (Å²) in [5.74, 6) is -1.15. The molecular formula is C20H22Cl2N2O3. The van der Waals surface area contributed by atoms with Crippen LogP contribution in [0.2, 0.25) is 10.0 Å². The Bertz CT molecular complexity index is 774. The normalized spacial score (nSPS) is 11.7. The van der Waals surface area contributed by atoms with Gasteiger partial charge in [0.25, 0.3) is 5.91 Å². The number of esters is 1. The minimum absolute atomic E-state index is 0.0893. The molecule has 0 radical (unpaired) electrons. The predicted octanol–water partition coefficient (Wildman–Crippen LogP) is 4.06. The molecule has 0 saturated heterocycles. The standard InChI is InChI=1S/C20H22Cl2N2O3/c1-2-3-9-27-20(26)17(12-23)24-19(25)18-15(21)10-14(11-16(18)22)13-7-5-4-6-8-13/h4-8,10-11,17H,2-3,9,12,23H2,1H3,(H,24,25)/t17-/m0/s1. The molecule has 0 aliphatic heterocycles. The summed E-state index contributed by atoms with van der Waals surface area (Å²) < 4.78 is 5.11. The van der Waals surface area contributed by atoms with E-state index < -0.39 is 17.9 Å². The van der Waals surface area contributed by atoms with Gasteiger partial charge in [-0.1, -0.05) is 66.9 Å². The summed E-state index contributed by atoms with van der Waals surface area (Å²) in [4.78, 5) is 24.6. The molecule has 3 N–H and O–H groups in total. The molecule has 7 heteroatoms. The zero-order chi connectivity index (χ0) is 19.8. The van der Waals surface area contributed by atoms with Gasteiger partial charge in [-0.15, -0.1) is 0 Å². The van der Waals surface area contributed by atoms with Gasteiger partial charge in [0, 0.05) is 6.54 Å². The molecule has 27 heavy (non-hydrogen) atoms. The number of hydrogen-bond donors (Lipinski definition) is 2. The van der Waals surface area contributed by atoms with Gasteiger partial charge in [-0.2, -0.15) is 0 Å². The van der Waals surface area contributed by atoms with Crippen LogP contribution in [-0.2, 0) is 9.53 Å². The second-order valence-electron chi connectivity index (χ2n) is 5.96. The van der Waals surface area contributed by atoms with Crippen LogP contribution in [0.3, 0.4) is 0 Å². The van der Waals surface area contributed by atoms with E-state index in [1.165, 1.54) is 0 Å². The number of carbonyl (C=O) groups is 2. The minimum atomic E-state index is -0.963. The molecule has 1 amide bonds. The Balaban J connectivity index is 2.17. The Kier molecular flexibility index (Phi) is 8.10. The minimum Gasteiger partial charge on any atom is -0.464 e. The zero-order valence-electron chi connectivity index (χ0n) is 15.0. The van der Waals surface area contributed by atoms with Crippen LogP contribution >= 0.6 is 23.2 Å². The first-order valence-corrected chi connectivity index (χ1v) is 9.45. The fourth-order valence-corrected chi connectivity index (χ4v) is 3.11. The fourth-order valence-electron chi connectivity index (χ4n) is 2.45. The lowest BCUT2D eigenvalue weighted by Gasteiger charge is -2.17. The first-order valence-electron chi connectivity index (χ1n) is 8.70. The number of hydrogen-bond acceptors (Lipinski definition) is 4. The molecule has 2 aromatic rings. The summed E-state index contributed by atoms with van der Waals surface area (Å²) in [6.45, 7) is 2.18. The Morgan fingerprint density at radius 3 is 2.30 bits per heavy atom. The lowest BCUT2D eigenvalue weighted by Crippen LogP contribution is -2.46. The number of ether oxygens (including phenoxy) is 1. The van der Waals surface area contributed by atoms with Crippen LogP contribution in [0, 0.1) is 0 Å². The molecule has 0 aliphatic rings. The number of nitrogens with one attached hydrogen (secondary N) is 1. The van der Waals surface area contributed by atoms with Crippen LogP contribution in [0.25, 0.3) is 11.1 Å². The molecule has 0 spiro atoms. The highest BCUT2D eigenvalue weighted by Crippen LogP contribution is 2.31. The maximum absolute atomic E-state index is 12.6. The summed E-state index contributed by atoms with van der Waals surface area (Å²) in [5, 5.41) is 2.92. The van der Waals surface area contributed by atoms with Crippen molar-refractivity contribution in [2.45, 2.75) is 25.8 Å². The van der Waals surface area contributed by atoms with E-state index in [2.05, 4.69) is 5.32 Å². The third-order valence-corrected chi connectivity index (χ3v) is 4.54. The molecular weight excluding hydrogens is 387 g/mol. The summed E-state index contributed by atoms with van der Waals surface area (Å²) >= 11 is 12.6. The Hall–Kier alpha value is -2.08. The van der Waals surface area contributed by atoms with Crippen LogP contribution in [0.15, 0.2) is 42.5 Å². The van der Waals surface area contributed by atoms with Crippen molar-refractivity contribution >= 4 is 35.1 Å². The predicted molar refractivity (Wildman–Crippen MR) is 108 cm³/mol. The second kappa shape index (κ2) is 10.3. The average molecular weight is 409 g/mol. The van der Waals surface area contributed by atoms with Crippen molar-refractivity contribution in [3.63, 3.8) is 0 Å². The van der Waals surface area contributed by atoms with Gasteiger partial charge in [-0.05, 0) is 29.7 Å². The van der Waals surface area contributed by atoms with Crippen molar-refractivity contribution in [2.75, 3.05) is 13.2 Å². The number of benzene rings is 2. The van der Waals surface area contributed by atoms with Gasteiger partial charge in [0.15, 0.2) is 0 Å². The summed E-state index contributed by atoms with van der Waals surface area (Å²) in [6.07, 6.45) is 1.64. The summed E-state index contributed by atoms with van der Waals surface area (Å²) in [6, 6.07) is 11.9. The topological polar surface area (TPSA) is 81.4 Å². The monoisotopic (exact) mass is 408 g/mol. The van der Waals surface area contributed by atoms with Crippen LogP contribution < -0.4 is 11.1 Å². The molecule has 2 aromatic carbocycles. The van der Waals surface area contributed by atoms with E-state index in [1.807, 2.05) is 37.3 Å². The van der Waals surface area contributed by atoms with Crippen LogP contribution in [0.1, 0.15) is 30.1 Å². The first kappa shape index (κ1) is 21.2. The van der Waals surface area contributed by atoms with Crippen molar-refractivity contribution in [3.8, 4) is 11.1 Å². The fraction of sp³-hybridized carbons (Fsp3) is 0.300. The average Bonchev–Trinajstić information content (AvgIpc) is 2.66. The number of unbranched alkanes of at least 4 members (excludes halogenated alkanes) is 1. The molecule has 0 aromatic heterocycles. The lowest BCUT2D eigenvalue weighted by molar-refractivity contribution is -0.145. The highest BCUT2D eigenvalue weighted by Gasteiger charge is 2.24. The maximum Gasteiger partial charge on any atom is 0.329 e. The Labute approximate surface area is 168 Å². The van der Waals surface area contributed by atoms with Gasteiger partial charge in [-0.25, -0.2) is 4.79 Å². The van der Waals surface area contributed by atoms with E-state index >= 15 is 0 Å². The number of halogens is 2. The van der Waals surface area contributed by atoms with Gasteiger partial charge in [-0.3, -0.25) is 4.79 Å². The number of carbonyl (C=O) groups excluding carboxylic acids is 2. The highest BCUT2D eigenvalue weighted by molar-refractivity contribution is 6.40. The Morgan fingerprint density at radius 2 is 1.74 bits per heavy atom. The molecule has 5 nitrogen and oxygen atoms in total. The van der Waals surface area contributed by atoms with Gasteiger partial charge < -0.3 is 15.8 Å². The van der Waals surface area contributed by atoms with Crippen LogP contribution in [0.4, 0.5) is 0 Å². The quantitative estimate of drug-likeness (QED) is 0.509. The number of nitrogens with two attached hydrogens (primary N) is 1. The Morgan fingerprint density at radius 1 is 1.11 bits per heavy atom. The molecule has 0 aliphatic carbocycles. The third-order valence-electron chi connectivity index (χ3n) is 3.94. The molecule has 1 atom stereocenters. The number of rotatable bonds is 8. The molecule has 0 unspecified atom stereocenters. The number of amides is 1. The summed E-state index contributed by atoms with van der Waals surface area (Å²) in [5.41, 5.74) is 7.41. The smallest absolute Gasteiger partial charge is 0.329 e. The van der Waals surface area contributed by atoms with Crippen molar-refractivity contribution in [1.82, 2.24) is 5.32 Å². The highest BCUT2D eigenvalue weighted by atomic mass is 35.5.